The van der Waals surface area contributed by atoms with Crippen LogP contribution in [0.5, 0.6) is 0 Å². The van der Waals surface area contributed by atoms with Crippen molar-refractivity contribution in [2.45, 2.75) is 13.0 Å². The molecule has 2 aromatic heterocycles. The summed E-state index contributed by atoms with van der Waals surface area (Å²) in [5.41, 5.74) is 1.89. The molecule has 1 aromatic carbocycles. The van der Waals surface area contributed by atoms with Gasteiger partial charge in [0.1, 0.15) is 5.65 Å². The van der Waals surface area contributed by atoms with E-state index in [1.807, 2.05) is 24.4 Å². The molecule has 1 N–H and O–H groups in total. The van der Waals surface area contributed by atoms with Crippen molar-refractivity contribution in [2.24, 2.45) is 0 Å². The summed E-state index contributed by atoms with van der Waals surface area (Å²) < 4.78 is 6.71. The Bertz CT molecular complexity index is 884. The maximum Gasteiger partial charge on any atom is 0.337 e. The number of amides is 1. The van der Waals surface area contributed by atoms with Crippen LogP contribution in [0.4, 0.5) is 0 Å². The Morgan fingerprint density at radius 1 is 1.12 bits per heavy atom. The topological polar surface area (TPSA) is 73.2 Å². The van der Waals surface area contributed by atoms with Crippen LogP contribution in [0.3, 0.4) is 0 Å². The van der Waals surface area contributed by atoms with Gasteiger partial charge in [0.25, 0.3) is 5.91 Å². The molecule has 6 nitrogen and oxygen atoms in total. The number of aromatic nitrogens is 2. The van der Waals surface area contributed by atoms with Gasteiger partial charge in [-0.15, -0.1) is 0 Å². The Labute approximate surface area is 145 Å². The molecule has 25 heavy (non-hydrogen) atoms. The number of rotatable bonds is 6. The smallest absolute Gasteiger partial charge is 0.337 e. The Balaban J connectivity index is 1.50. The predicted molar refractivity (Wildman–Crippen MR) is 94.5 cm³/mol. The molecule has 0 bridgehead atoms. The van der Waals surface area contributed by atoms with E-state index in [0.29, 0.717) is 17.7 Å². The molecule has 0 aliphatic carbocycles. The van der Waals surface area contributed by atoms with Gasteiger partial charge in [0.05, 0.1) is 12.7 Å². The number of benzene rings is 1. The van der Waals surface area contributed by atoms with E-state index in [0.717, 1.165) is 24.0 Å². The molecule has 0 unspecified atom stereocenters. The van der Waals surface area contributed by atoms with Crippen molar-refractivity contribution in [1.82, 2.24) is 14.9 Å². The fourth-order valence-corrected chi connectivity index (χ4v) is 2.63. The fraction of sp³-hybridized carbons (Fsp3) is 0.211. The van der Waals surface area contributed by atoms with E-state index in [1.165, 1.54) is 7.11 Å². The molecule has 128 valence electrons. The first kappa shape index (κ1) is 16.7. The summed E-state index contributed by atoms with van der Waals surface area (Å²) in [5, 5.41) is 3.99. The quantitative estimate of drug-likeness (QED) is 0.554. The van der Waals surface area contributed by atoms with Gasteiger partial charge >= 0.3 is 5.97 Å². The minimum absolute atomic E-state index is 0.160. The average Bonchev–Trinajstić information content (AvgIpc) is 3.07. The Morgan fingerprint density at radius 2 is 1.88 bits per heavy atom. The van der Waals surface area contributed by atoms with Crippen molar-refractivity contribution in [1.29, 1.82) is 0 Å². The summed E-state index contributed by atoms with van der Waals surface area (Å²) in [6.07, 6.45) is 4.58. The van der Waals surface area contributed by atoms with E-state index in [9.17, 15) is 9.59 Å². The minimum atomic E-state index is -0.417. The zero-order chi connectivity index (χ0) is 17.6. The lowest BCUT2D eigenvalue weighted by Gasteiger charge is -2.07. The van der Waals surface area contributed by atoms with Crippen LogP contribution in [-0.2, 0) is 11.3 Å². The molecule has 3 aromatic rings. The number of hydrogen-bond donors (Lipinski definition) is 1. The molecule has 0 fully saturated rings. The van der Waals surface area contributed by atoms with Crippen molar-refractivity contribution < 1.29 is 14.3 Å². The molecular formula is C19H19N3O3. The zero-order valence-corrected chi connectivity index (χ0v) is 13.9. The van der Waals surface area contributed by atoms with E-state index in [4.69, 9.17) is 0 Å². The molecular weight excluding hydrogens is 318 g/mol. The van der Waals surface area contributed by atoms with Gasteiger partial charge in [0.2, 0.25) is 0 Å². The maximum atomic E-state index is 12.1. The number of fused-ring (bicyclic) bond motifs is 1. The maximum absolute atomic E-state index is 12.1. The monoisotopic (exact) mass is 337 g/mol. The molecule has 2 heterocycles. The molecule has 0 saturated carbocycles. The molecule has 0 aliphatic rings. The highest BCUT2D eigenvalue weighted by Gasteiger charge is 2.08. The molecule has 0 atom stereocenters. The third-order valence-electron chi connectivity index (χ3n) is 3.95. The molecule has 1 amide bonds. The first-order valence-electron chi connectivity index (χ1n) is 8.05. The second-order valence-electron chi connectivity index (χ2n) is 5.60. The normalized spacial score (nSPS) is 10.6. The van der Waals surface area contributed by atoms with Gasteiger partial charge in [0.15, 0.2) is 0 Å². The Kier molecular flexibility index (Phi) is 5.09. The fourth-order valence-electron chi connectivity index (χ4n) is 2.63. The van der Waals surface area contributed by atoms with Crippen LogP contribution in [0, 0.1) is 0 Å². The standard InChI is InChI=1S/C19H19N3O3/c1-25-19(24)16-7-5-15(6-8-16)18(23)21-11-3-12-22-13-9-14-4-2-10-20-17(14)22/h2,4-10,13H,3,11-12H2,1H3,(H,21,23). The van der Waals surface area contributed by atoms with Gasteiger partial charge in [-0.2, -0.15) is 0 Å². The number of carbonyl (C=O) groups is 2. The Morgan fingerprint density at radius 3 is 2.64 bits per heavy atom. The lowest BCUT2D eigenvalue weighted by molar-refractivity contribution is 0.0600. The van der Waals surface area contributed by atoms with Gasteiger partial charge in [0, 0.05) is 36.4 Å². The highest BCUT2D eigenvalue weighted by atomic mass is 16.5. The van der Waals surface area contributed by atoms with Crippen LogP contribution in [0.25, 0.3) is 11.0 Å². The van der Waals surface area contributed by atoms with Crippen LogP contribution in [0.1, 0.15) is 27.1 Å². The molecule has 0 spiro atoms. The van der Waals surface area contributed by atoms with Crippen molar-refractivity contribution >= 4 is 22.9 Å². The number of ether oxygens (including phenoxy) is 1. The van der Waals surface area contributed by atoms with Crippen molar-refractivity contribution in [3.63, 3.8) is 0 Å². The number of carbonyl (C=O) groups excluding carboxylic acids is 2. The van der Waals surface area contributed by atoms with E-state index in [-0.39, 0.29) is 5.91 Å². The highest BCUT2D eigenvalue weighted by molar-refractivity contribution is 5.96. The molecule has 3 rings (SSSR count). The summed E-state index contributed by atoms with van der Waals surface area (Å²) in [6, 6.07) is 12.4. The number of pyridine rings is 1. The SMILES string of the molecule is COC(=O)c1ccc(C(=O)NCCCn2ccc3cccnc32)cc1. The first-order chi connectivity index (χ1) is 12.2. The largest absolute Gasteiger partial charge is 0.465 e. The van der Waals surface area contributed by atoms with E-state index in [2.05, 4.69) is 19.6 Å². The summed E-state index contributed by atoms with van der Waals surface area (Å²) >= 11 is 0. The lowest BCUT2D eigenvalue weighted by atomic mass is 10.1. The molecule has 0 radical (unpaired) electrons. The van der Waals surface area contributed by atoms with Gasteiger partial charge in [-0.05, 0) is 48.9 Å². The zero-order valence-electron chi connectivity index (χ0n) is 13.9. The van der Waals surface area contributed by atoms with Gasteiger partial charge in [-0.3, -0.25) is 4.79 Å². The van der Waals surface area contributed by atoms with Crippen LogP contribution in [-0.4, -0.2) is 35.1 Å². The number of methoxy groups -OCH3 is 1. The summed E-state index contributed by atoms with van der Waals surface area (Å²) in [6.45, 7) is 1.34. The Hall–Kier alpha value is -3.15. The van der Waals surface area contributed by atoms with Crippen molar-refractivity contribution in [2.75, 3.05) is 13.7 Å². The lowest BCUT2D eigenvalue weighted by Crippen LogP contribution is -2.25. The second kappa shape index (κ2) is 7.61. The van der Waals surface area contributed by atoms with E-state index in [1.54, 1.807) is 30.5 Å². The van der Waals surface area contributed by atoms with Gasteiger partial charge < -0.3 is 14.6 Å². The summed E-state index contributed by atoms with van der Waals surface area (Å²) in [4.78, 5) is 27.9. The molecule has 6 heteroatoms. The molecule has 0 aliphatic heterocycles. The van der Waals surface area contributed by atoms with Crippen molar-refractivity contribution in [3.8, 4) is 0 Å². The number of esters is 1. The van der Waals surface area contributed by atoms with Crippen LogP contribution in [0.2, 0.25) is 0 Å². The number of hydrogen-bond acceptors (Lipinski definition) is 4. The minimum Gasteiger partial charge on any atom is -0.465 e. The van der Waals surface area contributed by atoms with Crippen molar-refractivity contribution in [3.05, 3.63) is 66.0 Å². The van der Waals surface area contributed by atoms with Gasteiger partial charge in [-0.1, -0.05) is 0 Å². The molecule has 0 saturated heterocycles. The number of nitrogens with one attached hydrogen (secondary N) is 1. The third kappa shape index (κ3) is 3.85. The van der Waals surface area contributed by atoms with Gasteiger partial charge in [-0.25, -0.2) is 9.78 Å². The number of aryl methyl sites for hydroxylation is 1. The average molecular weight is 337 g/mol. The first-order valence-corrected chi connectivity index (χ1v) is 8.05. The summed E-state index contributed by atoms with van der Waals surface area (Å²) in [5.74, 6) is -0.577. The second-order valence-corrected chi connectivity index (χ2v) is 5.60. The van der Waals surface area contributed by atoms with Crippen LogP contribution in [0.15, 0.2) is 54.9 Å². The van der Waals surface area contributed by atoms with E-state index < -0.39 is 5.97 Å². The number of nitrogens with zero attached hydrogens (tertiary/aromatic N) is 2. The summed E-state index contributed by atoms with van der Waals surface area (Å²) in [7, 11) is 1.33. The van der Waals surface area contributed by atoms with E-state index >= 15 is 0 Å². The third-order valence-corrected chi connectivity index (χ3v) is 3.95. The predicted octanol–water partition coefficient (Wildman–Crippen LogP) is 2.64. The highest BCUT2D eigenvalue weighted by Crippen LogP contribution is 2.12. The van der Waals surface area contributed by atoms with Crippen LogP contribution >= 0.6 is 0 Å². The van der Waals surface area contributed by atoms with Crippen LogP contribution < -0.4 is 5.32 Å².